The molecule has 0 amide bonds. The van der Waals surface area contributed by atoms with Gasteiger partial charge in [-0.15, -0.1) is 0 Å². The molecule has 2 atom stereocenters. The average Bonchev–Trinajstić information content (AvgIpc) is 1.87. The molecular formula is C7H15NO3. The normalized spacial score (nSPS) is 15.9. The van der Waals surface area contributed by atoms with Gasteiger partial charge in [-0.05, 0) is 13.5 Å². The molecule has 66 valence electrons. The van der Waals surface area contributed by atoms with Crippen molar-refractivity contribution in [3.63, 3.8) is 0 Å². The zero-order chi connectivity index (χ0) is 8.85. The second kappa shape index (κ2) is 5.09. The average molecular weight is 161 g/mol. The summed E-state index contributed by atoms with van der Waals surface area (Å²) in [5.74, 6) is -1.33. The van der Waals surface area contributed by atoms with Crippen molar-refractivity contribution in [1.82, 2.24) is 5.32 Å². The van der Waals surface area contributed by atoms with E-state index in [0.29, 0.717) is 13.0 Å². The van der Waals surface area contributed by atoms with E-state index in [1.807, 2.05) is 0 Å². The van der Waals surface area contributed by atoms with Gasteiger partial charge in [0.1, 0.15) is 0 Å². The Balaban J connectivity index is 3.56. The molecule has 0 bridgehead atoms. The number of carboxylic acids is 1. The zero-order valence-corrected chi connectivity index (χ0v) is 6.87. The lowest BCUT2D eigenvalue weighted by Crippen LogP contribution is -2.27. The van der Waals surface area contributed by atoms with Crippen LogP contribution >= 0.6 is 0 Å². The number of carboxylic acid groups (broad SMARTS) is 1. The molecule has 4 nitrogen and oxygen atoms in total. The number of hydrogen-bond acceptors (Lipinski definition) is 3. The summed E-state index contributed by atoms with van der Waals surface area (Å²) in [6.07, 6.45) is -0.262. The maximum absolute atomic E-state index is 10.3. The van der Waals surface area contributed by atoms with Crippen molar-refractivity contribution < 1.29 is 15.0 Å². The summed E-state index contributed by atoms with van der Waals surface area (Å²) in [5.41, 5.74) is 0. The van der Waals surface area contributed by atoms with Crippen molar-refractivity contribution in [2.45, 2.75) is 19.4 Å². The van der Waals surface area contributed by atoms with E-state index in [4.69, 9.17) is 10.2 Å². The summed E-state index contributed by atoms with van der Waals surface area (Å²) in [7, 11) is 1.72. The van der Waals surface area contributed by atoms with Crippen LogP contribution in [0, 0.1) is 5.92 Å². The predicted molar refractivity (Wildman–Crippen MR) is 41.4 cm³/mol. The summed E-state index contributed by atoms with van der Waals surface area (Å²) < 4.78 is 0. The number of aliphatic carboxylic acids is 1. The number of carbonyl (C=O) groups is 1. The number of aliphatic hydroxyl groups excluding tert-OH is 1. The van der Waals surface area contributed by atoms with Crippen LogP contribution < -0.4 is 5.32 Å². The van der Waals surface area contributed by atoms with Crippen molar-refractivity contribution >= 4 is 5.97 Å². The molecule has 0 saturated heterocycles. The maximum Gasteiger partial charge on any atom is 0.306 e. The molecule has 4 heteroatoms. The Kier molecular flexibility index (Phi) is 4.81. The third-order valence-corrected chi connectivity index (χ3v) is 1.49. The van der Waals surface area contributed by atoms with Crippen LogP contribution in [0.5, 0.6) is 0 Å². The summed E-state index contributed by atoms with van der Waals surface area (Å²) >= 11 is 0. The van der Waals surface area contributed by atoms with E-state index >= 15 is 0 Å². The quantitative estimate of drug-likeness (QED) is 0.516. The summed E-state index contributed by atoms with van der Waals surface area (Å²) in [5, 5.41) is 20.4. The third kappa shape index (κ3) is 4.75. The molecule has 0 aromatic heterocycles. The van der Waals surface area contributed by atoms with E-state index in [1.165, 1.54) is 0 Å². The first-order chi connectivity index (χ1) is 5.07. The highest BCUT2D eigenvalue weighted by atomic mass is 16.4. The Morgan fingerprint density at radius 2 is 2.18 bits per heavy atom. The molecule has 0 aromatic carbocycles. The summed E-state index contributed by atoms with van der Waals surface area (Å²) in [6.45, 7) is 2.03. The van der Waals surface area contributed by atoms with Crippen LogP contribution in [0.2, 0.25) is 0 Å². The molecule has 0 aromatic rings. The lowest BCUT2D eigenvalue weighted by Gasteiger charge is -2.11. The zero-order valence-electron chi connectivity index (χ0n) is 6.87. The Morgan fingerprint density at radius 3 is 2.55 bits per heavy atom. The number of likely N-dealkylation sites (N-methyl/N-ethyl adjacent to an activating group) is 1. The molecule has 0 rings (SSSR count). The largest absolute Gasteiger partial charge is 0.481 e. The molecule has 0 aliphatic heterocycles. The van der Waals surface area contributed by atoms with Crippen LogP contribution in [0.4, 0.5) is 0 Å². The second-order valence-electron chi connectivity index (χ2n) is 2.69. The van der Waals surface area contributed by atoms with Gasteiger partial charge in [-0.25, -0.2) is 0 Å². The highest BCUT2D eigenvalue weighted by Gasteiger charge is 2.15. The van der Waals surface area contributed by atoms with E-state index in [2.05, 4.69) is 5.32 Å². The van der Waals surface area contributed by atoms with Crippen LogP contribution in [0.25, 0.3) is 0 Å². The van der Waals surface area contributed by atoms with E-state index in [-0.39, 0.29) is 0 Å². The fraction of sp³-hybridized carbons (Fsp3) is 0.857. The topological polar surface area (TPSA) is 69.6 Å². The number of hydrogen-bond donors (Lipinski definition) is 3. The molecule has 0 saturated carbocycles. The Hall–Kier alpha value is -0.610. The third-order valence-electron chi connectivity index (χ3n) is 1.49. The predicted octanol–water partition coefficient (Wildman–Crippen LogP) is -0.323. The minimum Gasteiger partial charge on any atom is -0.481 e. The molecule has 0 aliphatic rings. The standard InChI is InChI=1S/C7H15NO3/c1-5(7(10)11)3-6(9)4-8-2/h5-6,8-9H,3-4H2,1-2H3,(H,10,11). The molecule has 0 spiro atoms. The van der Waals surface area contributed by atoms with Crippen LogP contribution in [-0.2, 0) is 4.79 Å². The molecule has 2 unspecified atom stereocenters. The van der Waals surface area contributed by atoms with Crippen LogP contribution in [-0.4, -0.2) is 35.9 Å². The minimum absolute atomic E-state index is 0.302. The minimum atomic E-state index is -0.861. The summed E-state index contributed by atoms with van der Waals surface area (Å²) in [4.78, 5) is 10.3. The highest BCUT2D eigenvalue weighted by Crippen LogP contribution is 2.04. The molecule has 0 heterocycles. The van der Waals surface area contributed by atoms with Gasteiger partial charge in [0.05, 0.1) is 12.0 Å². The fourth-order valence-corrected chi connectivity index (χ4v) is 0.828. The fourth-order valence-electron chi connectivity index (χ4n) is 0.828. The monoisotopic (exact) mass is 161 g/mol. The van der Waals surface area contributed by atoms with Gasteiger partial charge in [0.2, 0.25) is 0 Å². The van der Waals surface area contributed by atoms with E-state index in [1.54, 1.807) is 14.0 Å². The van der Waals surface area contributed by atoms with Gasteiger partial charge in [-0.3, -0.25) is 4.79 Å². The van der Waals surface area contributed by atoms with Gasteiger partial charge in [-0.1, -0.05) is 6.92 Å². The lowest BCUT2D eigenvalue weighted by atomic mass is 10.0. The molecular weight excluding hydrogens is 146 g/mol. The molecule has 3 N–H and O–H groups in total. The number of rotatable bonds is 5. The van der Waals surface area contributed by atoms with Gasteiger partial charge in [-0.2, -0.15) is 0 Å². The van der Waals surface area contributed by atoms with Crippen molar-refractivity contribution in [2.75, 3.05) is 13.6 Å². The van der Waals surface area contributed by atoms with Crippen molar-refractivity contribution in [1.29, 1.82) is 0 Å². The van der Waals surface area contributed by atoms with Gasteiger partial charge in [0, 0.05) is 6.54 Å². The van der Waals surface area contributed by atoms with E-state index in [9.17, 15) is 4.79 Å². The first-order valence-corrected chi connectivity index (χ1v) is 3.63. The maximum atomic E-state index is 10.3. The second-order valence-corrected chi connectivity index (χ2v) is 2.69. The number of aliphatic hydroxyl groups is 1. The van der Waals surface area contributed by atoms with E-state index in [0.717, 1.165) is 0 Å². The van der Waals surface area contributed by atoms with Crippen LogP contribution in [0.3, 0.4) is 0 Å². The van der Waals surface area contributed by atoms with Gasteiger partial charge >= 0.3 is 5.97 Å². The first kappa shape index (κ1) is 10.4. The lowest BCUT2D eigenvalue weighted by molar-refractivity contribution is -0.142. The van der Waals surface area contributed by atoms with Gasteiger partial charge in [0.15, 0.2) is 0 Å². The van der Waals surface area contributed by atoms with Gasteiger partial charge < -0.3 is 15.5 Å². The molecule has 0 radical (unpaired) electrons. The summed E-state index contributed by atoms with van der Waals surface area (Å²) in [6, 6.07) is 0. The van der Waals surface area contributed by atoms with Crippen LogP contribution in [0.1, 0.15) is 13.3 Å². The Labute approximate surface area is 66.2 Å². The highest BCUT2D eigenvalue weighted by molar-refractivity contribution is 5.69. The Bertz CT molecular complexity index is 127. The SMILES string of the molecule is CNCC(O)CC(C)C(=O)O. The molecule has 0 aliphatic carbocycles. The van der Waals surface area contributed by atoms with Crippen LogP contribution in [0.15, 0.2) is 0 Å². The van der Waals surface area contributed by atoms with Crippen molar-refractivity contribution in [3.8, 4) is 0 Å². The molecule has 0 fully saturated rings. The van der Waals surface area contributed by atoms with Gasteiger partial charge in [0.25, 0.3) is 0 Å². The van der Waals surface area contributed by atoms with Crippen molar-refractivity contribution in [3.05, 3.63) is 0 Å². The van der Waals surface area contributed by atoms with Crippen molar-refractivity contribution in [2.24, 2.45) is 5.92 Å². The smallest absolute Gasteiger partial charge is 0.306 e. The van der Waals surface area contributed by atoms with E-state index < -0.39 is 18.0 Å². The number of nitrogens with one attached hydrogen (secondary N) is 1. The molecule has 11 heavy (non-hydrogen) atoms. The first-order valence-electron chi connectivity index (χ1n) is 3.63. The Morgan fingerprint density at radius 1 is 1.64 bits per heavy atom.